The van der Waals surface area contributed by atoms with Crippen molar-refractivity contribution in [3.63, 3.8) is 0 Å². The van der Waals surface area contributed by atoms with Gasteiger partial charge in [0, 0.05) is 25.3 Å². The molecule has 0 aliphatic heterocycles. The first-order valence-corrected chi connectivity index (χ1v) is 7.41. The Morgan fingerprint density at radius 2 is 2.00 bits per heavy atom. The number of nitrogens with two attached hydrogens (primary N) is 3. The van der Waals surface area contributed by atoms with E-state index in [1.165, 1.54) is 0 Å². The Morgan fingerprint density at radius 1 is 1.41 bits per heavy atom. The molecule has 0 aromatic carbocycles. The molecule has 0 radical (unpaired) electrons. The minimum Gasteiger partial charge on any atom is -0.387 e. The quantitative estimate of drug-likeness (QED) is 0.210. The third-order valence-electron chi connectivity index (χ3n) is 3.26. The van der Waals surface area contributed by atoms with Crippen molar-refractivity contribution in [3.05, 3.63) is 0 Å². The molecule has 0 aliphatic carbocycles. The third-order valence-corrected chi connectivity index (χ3v) is 3.26. The third kappa shape index (κ3) is 7.48. The van der Waals surface area contributed by atoms with Crippen LogP contribution in [0.4, 0.5) is 0 Å². The van der Waals surface area contributed by atoms with Crippen LogP contribution in [0.25, 0.3) is 0 Å². The van der Waals surface area contributed by atoms with Gasteiger partial charge < -0.3 is 32.7 Å². The second-order valence-electron chi connectivity index (χ2n) is 5.45. The van der Waals surface area contributed by atoms with Gasteiger partial charge in [-0.2, -0.15) is 0 Å². The molecule has 22 heavy (non-hydrogen) atoms. The highest BCUT2D eigenvalue weighted by atomic mass is 16.5. The van der Waals surface area contributed by atoms with Gasteiger partial charge in [-0.3, -0.25) is 9.79 Å². The second kappa shape index (κ2) is 10.3. The first kappa shape index (κ1) is 20.5. The lowest BCUT2D eigenvalue weighted by Crippen LogP contribution is -2.47. The van der Waals surface area contributed by atoms with Crippen LogP contribution in [0.3, 0.4) is 0 Å². The number of hydrogen-bond acceptors (Lipinski definition) is 6. The van der Waals surface area contributed by atoms with E-state index < -0.39 is 12.1 Å². The molecule has 4 unspecified atom stereocenters. The van der Waals surface area contributed by atoms with Gasteiger partial charge in [0.25, 0.3) is 0 Å². The van der Waals surface area contributed by atoms with E-state index in [1.54, 1.807) is 21.0 Å². The minimum absolute atomic E-state index is 0.151. The second-order valence-corrected chi connectivity index (χ2v) is 5.45. The van der Waals surface area contributed by atoms with Crippen LogP contribution in [-0.4, -0.2) is 49.4 Å². The van der Waals surface area contributed by atoms with E-state index in [-0.39, 0.29) is 36.9 Å². The van der Waals surface area contributed by atoms with Gasteiger partial charge in [0.05, 0.1) is 18.8 Å². The molecule has 8 N–H and O–H groups in total. The van der Waals surface area contributed by atoms with Crippen LogP contribution in [0.15, 0.2) is 4.99 Å². The summed E-state index contributed by atoms with van der Waals surface area (Å²) in [5.74, 6) is -0.884. The van der Waals surface area contributed by atoms with Crippen molar-refractivity contribution in [1.82, 2.24) is 5.32 Å². The summed E-state index contributed by atoms with van der Waals surface area (Å²) in [6.45, 7) is 5.50. The number of ether oxygens (including phenoxy) is 1. The lowest BCUT2D eigenvalue weighted by Gasteiger charge is -2.21. The monoisotopic (exact) mass is 314 g/mol. The maximum absolute atomic E-state index is 12.1. The molecule has 1 amide bonds. The molecule has 0 fully saturated rings. The highest BCUT2D eigenvalue weighted by Crippen LogP contribution is 2.07. The van der Waals surface area contributed by atoms with Crippen molar-refractivity contribution < 1.29 is 9.53 Å². The zero-order valence-corrected chi connectivity index (χ0v) is 13.9. The smallest absolute Gasteiger partial charge is 0.232 e. The van der Waals surface area contributed by atoms with Gasteiger partial charge in [-0.25, -0.2) is 0 Å². The molecule has 0 heterocycles. The van der Waals surface area contributed by atoms with E-state index in [4.69, 9.17) is 27.3 Å². The van der Waals surface area contributed by atoms with Crippen molar-refractivity contribution in [2.45, 2.75) is 51.9 Å². The first-order chi connectivity index (χ1) is 10.2. The van der Waals surface area contributed by atoms with Crippen LogP contribution >= 0.6 is 0 Å². The van der Waals surface area contributed by atoms with E-state index in [0.29, 0.717) is 5.71 Å². The van der Waals surface area contributed by atoms with Gasteiger partial charge in [0.1, 0.15) is 11.8 Å². The normalized spacial score (nSPS) is 17.5. The van der Waals surface area contributed by atoms with Gasteiger partial charge >= 0.3 is 0 Å². The van der Waals surface area contributed by atoms with Crippen LogP contribution in [0, 0.1) is 11.3 Å². The average molecular weight is 314 g/mol. The fourth-order valence-corrected chi connectivity index (χ4v) is 1.92. The van der Waals surface area contributed by atoms with Crippen LogP contribution in [0.1, 0.15) is 33.6 Å². The molecule has 0 saturated carbocycles. The Balaban J connectivity index is 5.00. The number of nitrogens with one attached hydrogen (secondary N) is 2. The summed E-state index contributed by atoms with van der Waals surface area (Å²) in [6, 6.07) is -0.151. The summed E-state index contributed by atoms with van der Waals surface area (Å²) in [6.07, 6.45) is 0.198. The van der Waals surface area contributed by atoms with E-state index in [1.807, 2.05) is 6.92 Å². The van der Waals surface area contributed by atoms with E-state index >= 15 is 0 Å². The summed E-state index contributed by atoms with van der Waals surface area (Å²) in [5, 5.41) is 10.2. The molecule has 0 rings (SSSR count). The molecular formula is C14H30N6O2. The number of amidine groups is 1. The number of nitrogens with zero attached hydrogens (tertiary/aromatic N) is 1. The number of rotatable bonds is 10. The van der Waals surface area contributed by atoms with Gasteiger partial charge in [0.2, 0.25) is 5.91 Å². The fourth-order valence-electron chi connectivity index (χ4n) is 1.92. The molecule has 0 aromatic heterocycles. The number of methoxy groups -OCH3 is 1. The highest BCUT2D eigenvalue weighted by molar-refractivity contribution is 6.05. The predicted octanol–water partition coefficient (Wildman–Crippen LogP) is -0.437. The average Bonchev–Trinajstić information content (AvgIpc) is 2.43. The molecule has 0 aromatic rings. The number of carbonyl (C=O) groups excluding carboxylic acids is 1. The van der Waals surface area contributed by atoms with Crippen molar-refractivity contribution in [2.75, 3.05) is 13.7 Å². The Hall–Kier alpha value is -1.51. The number of amides is 1. The molecule has 0 bridgehead atoms. The Labute approximate surface area is 132 Å². The predicted molar refractivity (Wildman–Crippen MR) is 88.9 cm³/mol. The molecule has 0 aliphatic rings. The SMILES string of the molecule is CCC(N)C(CN=C(N)C(CC(C)=N)C(=O)NC(C)N)OC. The molecular weight excluding hydrogens is 284 g/mol. The minimum atomic E-state index is -0.709. The summed E-state index contributed by atoms with van der Waals surface area (Å²) in [7, 11) is 1.56. The van der Waals surface area contributed by atoms with Crippen LogP contribution < -0.4 is 22.5 Å². The fraction of sp³-hybridized carbons (Fsp3) is 0.786. The maximum Gasteiger partial charge on any atom is 0.232 e. The molecule has 128 valence electrons. The number of carbonyl (C=O) groups is 1. The maximum atomic E-state index is 12.1. The van der Waals surface area contributed by atoms with Crippen molar-refractivity contribution in [1.29, 1.82) is 5.41 Å². The number of aliphatic imine (C=N–C) groups is 1. The highest BCUT2D eigenvalue weighted by Gasteiger charge is 2.24. The summed E-state index contributed by atoms with van der Waals surface area (Å²) in [5.41, 5.74) is 17.8. The lowest BCUT2D eigenvalue weighted by atomic mass is 10.00. The standard InChI is InChI=1S/C14H30N6O2/c1-5-11(17)12(22-4)7-19-13(18)10(6-8(2)15)14(21)20-9(3)16/h9-12,15H,5-7,16-17H2,1-4H3,(H2,18,19)(H,20,21). The van der Waals surface area contributed by atoms with Gasteiger partial charge in [0.15, 0.2) is 0 Å². The van der Waals surface area contributed by atoms with Crippen molar-refractivity contribution in [2.24, 2.45) is 28.1 Å². The van der Waals surface area contributed by atoms with Crippen LogP contribution in [0.5, 0.6) is 0 Å². The molecule has 8 heteroatoms. The van der Waals surface area contributed by atoms with Gasteiger partial charge in [-0.05, 0) is 20.3 Å². The lowest BCUT2D eigenvalue weighted by molar-refractivity contribution is -0.123. The van der Waals surface area contributed by atoms with E-state index in [2.05, 4.69) is 10.3 Å². The Bertz CT molecular complexity index is 397. The molecule has 8 nitrogen and oxygen atoms in total. The Morgan fingerprint density at radius 3 is 2.41 bits per heavy atom. The summed E-state index contributed by atoms with van der Waals surface area (Å²) >= 11 is 0. The molecule has 0 spiro atoms. The van der Waals surface area contributed by atoms with Gasteiger partial charge in [-0.15, -0.1) is 0 Å². The topological polar surface area (TPSA) is 153 Å². The summed E-state index contributed by atoms with van der Waals surface area (Å²) in [4.78, 5) is 16.4. The molecule has 4 atom stereocenters. The van der Waals surface area contributed by atoms with Gasteiger partial charge in [-0.1, -0.05) is 6.92 Å². The zero-order chi connectivity index (χ0) is 17.3. The van der Waals surface area contributed by atoms with Crippen molar-refractivity contribution in [3.8, 4) is 0 Å². The van der Waals surface area contributed by atoms with Crippen molar-refractivity contribution >= 4 is 17.5 Å². The van der Waals surface area contributed by atoms with E-state index in [9.17, 15) is 4.79 Å². The van der Waals surface area contributed by atoms with Crippen LogP contribution in [-0.2, 0) is 9.53 Å². The van der Waals surface area contributed by atoms with Crippen LogP contribution in [0.2, 0.25) is 0 Å². The molecule has 0 saturated heterocycles. The number of hydrogen-bond donors (Lipinski definition) is 5. The largest absolute Gasteiger partial charge is 0.387 e. The van der Waals surface area contributed by atoms with E-state index in [0.717, 1.165) is 6.42 Å². The first-order valence-electron chi connectivity index (χ1n) is 7.41. The summed E-state index contributed by atoms with van der Waals surface area (Å²) < 4.78 is 5.29. The Kier molecular flexibility index (Phi) is 9.55. The zero-order valence-electron chi connectivity index (χ0n) is 13.9.